The lowest BCUT2D eigenvalue weighted by Crippen LogP contribution is -2.41. The third kappa shape index (κ3) is 3.39. The summed E-state index contributed by atoms with van der Waals surface area (Å²) < 4.78 is 2.44. The van der Waals surface area contributed by atoms with E-state index in [0.717, 1.165) is 0 Å². The highest BCUT2D eigenvalue weighted by Gasteiger charge is 2.46. The van der Waals surface area contributed by atoms with E-state index in [1.54, 1.807) is 0 Å². The van der Waals surface area contributed by atoms with Crippen molar-refractivity contribution in [2.45, 2.75) is 25.3 Å². The molecule has 0 unspecified atom stereocenters. The monoisotopic (exact) mass is 540 g/mol. The number of hydrogen-bond donors (Lipinski definition) is 0. The maximum Gasteiger partial charge on any atom is 0.0742 e. The van der Waals surface area contributed by atoms with E-state index < -0.39 is 5.41 Å². The number of benzene rings is 6. The number of fused-ring (bicyclic) bond motifs is 5. The van der Waals surface area contributed by atoms with E-state index in [2.05, 4.69) is 175 Å². The molecule has 202 valence electrons. The van der Waals surface area contributed by atoms with Gasteiger partial charge in [-0.2, -0.15) is 0 Å². The third-order valence-electron chi connectivity index (χ3n) is 8.98. The Morgan fingerprint density at radius 2 is 0.976 bits per heavy atom. The molecule has 0 amide bonds. The lowest BCUT2D eigenvalue weighted by atomic mass is 9.62. The summed E-state index contributed by atoms with van der Waals surface area (Å²) in [6, 6.07) is 56.0. The zero-order valence-electron chi connectivity index (χ0n) is 23.9. The Balaban J connectivity index is 1.54. The number of hydrogen-bond acceptors (Lipinski definition) is 1. The molecule has 2 heterocycles. The number of para-hydroxylation sites is 3. The van der Waals surface area contributed by atoms with Crippen molar-refractivity contribution >= 4 is 33.2 Å². The molecule has 0 radical (unpaired) electrons. The summed E-state index contributed by atoms with van der Waals surface area (Å²) in [7, 11) is 0. The van der Waals surface area contributed by atoms with Crippen molar-refractivity contribution in [2.75, 3.05) is 4.90 Å². The van der Waals surface area contributed by atoms with Gasteiger partial charge in [0.1, 0.15) is 0 Å². The van der Waals surface area contributed by atoms with Crippen LogP contribution in [0.25, 0.3) is 27.5 Å². The van der Waals surface area contributed by atoms with Crippen LogP contribution in [0.15, 0.2) is 152 Å². The fourth-order valence-electron chi connectivity index (χ4n) is 7.37. The smallest absolute Gasteiger partial charge is 0.0742 e. The van der Waals surface area contributed by atoms with Gasteiger partial charge in [-0.05, 0) is 72.5 Å². The van der Waals surface area contributed by atoms with Crippen LogP contribution in [-0.4, -0.2) is 10.6 Å². The highest BCUT2D eigenvalue weighted by atomic mass is 15.2. The second-order valence-electron chi connectivity index (χ2n) is 11.5. The average molecular weight is 541 g/mol. The van der Waals surface area contributed by atoms with Gasteiger partial charge in [0.25, 0.3) is 0 Å². The first-order valence-electron chi connectivity index (χ1n) is 14.8. The SMILES string of the molecule is CC(C)N1c2ccccc2C(c2ccccc2)(c2ccccc2)c2cc(-n3c4ccccc4c4ccccc43)ccc21. The molecule has 0 aliphatic carbocycles. The lowest BCUT2D eigenvalue weighted by Gasteiger charge is -2.48. The highest BCUT2D eigenvalue weighted by molar-refractivity contribution is 6.09. The first kappa shape index (κ1) is 24.7. The van der Waals surface area contributed by atoms with Crippen LogP contribution < -0.4 is 4.90 Å². The number of aromatic nitrogens is 1. The average Bonchev–Trinajstić information content (AvgIpc) is 3.38. The van der Waals surface area contributed by atoms with Crippen molar-refractivity contribution in [1.29, 1.82) is 0 Å². The van der Waals surface area contributed by atoms with Gasteiger partial charge in [0.15, 0.2) is 0 Å². The number of nitrogens with zero attached hydrogens (tertiary/aromatic N) is 2. The summed E-state index contributed by atoms with van der Waals surface area (Å²) in [6.45, 7) is 4.58. The van der Waals surface area contributed by atoms with E-state index in [4.69, 9.17) is 0 Å². The third-order valence-corrected chi connectivity index (χ3v) is 8.98. The molecular formula is C40H32N2. The van der Waals surface area contributed by atoms with Crippen molar-refractivity contribution < 1.29 is 0 Å². The molecule has 2 heteroatoms. The van der Waals surface area contributed by atoms with Gasteiger partial charge in [-0.15, -0.1) is 0 Å². The highest BCUT2D eigenvalue weighted by Crippen LogP contribution is 2.56. The van der Waals surface area contributed by atoms with Gasteiger partial charge >= 0.3 is 0 Å². The Bertz CT molecular complexity index is 1980. The van der Waals surface area contributed by atoms with Crippen molar-refractivity contribution in [3.8, 4) is 5.69 Å². The molecule has 0 fully saturated rings. The Hall–Kier alpha value is -5.08. The molecule has 8 rings (SSSR count). The largest absolute Gasteiger partial charge is 0.338 e. The topological polar surface area (TPSA) is 8.17 Å². The molecule has 6 aromatic carbocycles. The Labute approximate surface area is 247 Å². The number of rotatable bonds is 4. The molecule has 0 saturated carbocycles. The minimum atomic E-state index is -0.491. The van der Waals surface area contributed by atoms with E-state index in [-0.39, 0.29) is 6.04 Å². The van der Waals surface area contributed by atoms with Gasteiger partial charge in [0.05, 0.1) is 16.4 Å². The van der Waals surface area contributed by atoms with Gasteiger partial charge in [0, 0.05) is 33.9 Å². The normalized spacial score (nSPS) is 13.8. The van der Waals surface area contributed by atoms with Crippen LogP contribution in [0.5, 0.6) is 0 Å². The fourth-order valence-corrected chi connectivity index (χ4v) is 7.37. The molecular weight excluding hydrogens is 508 g/mol. The summed E-state index contributed by atoms with van der Waals surface area (Å²) in [5.74, 6) is 0. The predicted octanol–water partition coefficient (Wildman–Crippen LogP) is 10.0. The summed E-state index contributed by atoms with van der Waals surface area (Å²) in [4.78, 5) is 2.52. The van der Waals surface area contributed by atoms with Gasteiger partial charge < -0.3 is 9.47 Å². The second kappa shape index (κ2) is 9.49. The number of anilines is 2. The van der Waals surface area contributed by atoms with Gasteiger partial charge in [-0.1, -0.05) is 115 Å². The molecule has 0 atom stereocenters. The van der Waals surface area contributed by atoms with Crippen LogP contribution in [0.4, 0.5) is 11.4 Å². The van der Waals surface area contributed by atoms with E-state index >= 15 is 0 Å². The molecule has 2 nitrogen and oxygen atoms in total. The lowest BCUT2D eigenvalue weighted by molar-refractivity contribution is 0.687. The Morgan fingerprint density at radius 1 is 0.476 bits per heavy atom. The molecule has 0 bridgehead atoms. The van der Waals surface area contributed by atoms with Crippen molar-refractivity contribution in [1.82, 2.24) is 4.57 Å². The zero-order chi connectivity index (χ0) is 28.3. The first-order valence-corrected chi connectivity index (χ1v) is 14.8. The van der Waals surface area contributed by atoms with E-state index in [0.29, 0.717) is 0 Å². The first-order chi connectivity index (χ1) is 20.7. The maximum absolute atomic E-state index is 2.52. The zero-order valence-corrected chi connectivity index (χ0v) is 23.9. The van der Waals surface area contributed by atoms with E-state index in [1.807, 2.05) is 0 Å². The van der Waals surface area contributed by atoms with Crippen LogP contribution in [0, 0.1) is 0 Å². The predicted molar refractivity (Wildman–Crippen MR) is 176 cm³/mol. The summed E-state index contributed by atoms with van der Waals surface area (Å²) in [5.41, 5.74) is 10.8. The molecule has 0 spiro atoms. The minimum absolute atomic E-state index is 0.286. The summed E-state index contributed by atoms with van der Waals surface area (Å²) >= 11 is 0. The maximum atomic E-state index is 2.52. The Morgan fingerprint density at radius 3 is 1.57 bits per heavy atom. The van der Waals surface area contributed by atoms with Crippen molar-refractivity contribution in [3.05, 3.63) is 174 Å². The standard InChI is InChI=1S/C40H32N2/c1-28(2)41-38-24-14-11-21-34(38)40(29-15-5-3-6-16-29,30-17-7-4-8-18-30)35-27-31(25-26-39(35)41)42-36-22-12-9-19-32(36)33-20-10-13-23-37(33)42/h3-28H,1-2H3. The Kier molecular flexibility index (Phi) is 5.58. The second-order valence-corrected chi connectivity index (χ2v) is 11.5. The molecule has 1 aromatic heterocycles. The van der Waals surface area contributed by atoms with Crippen LogP contribution in [0.3, 0.4) is 0 Å². The molecule has 1 aliphatic rings. The van der Waals surface area contributed by atoms with Gasteiger partial charge in [0.2, 0.25) is 0 Å². The van der Waals surface area contributed by atoms with Crippen LogP contribution in [0.2, 0.25) is 0 Å². The molecule has 1 aliphatic heterocycles. The van der Waals surface area contributed by atoms with Gasteiger partial charge in [-0.25, -0.2) is 0 Å². The van der Waals surface area contributed by atoms with Crippen molar-refractivity contribution in [2.24, 2.45) is 0 Å². The van der Waals surface area contributed by atoms with Crippen LogP contribution in [0.1, 0.15) is 36.1 Å². The minimum Gasteiger partial charge on any atom is -0.338 e. The van der Waals surface area contributed by atoms with E-state index in [9.17, 15) is 0 Å². The fraction of sp³-hybridized carbons (Fsp3) is 0.100. The van der Waals surface area contributed by atoms with Crippen molar-refractivity contribution in [3.63, 3.8) is 0 Å². The van der Waals surface area contributed by atoms with Crippen LogP contribution >= 0.6 is 0 Å². The molecule has 0 saturated heterocycles. The summed E-state index contributed by atoms with van der Waals surface area (Å²) in [6.07, 6.45) is 0. The van der Waals surface area contributed by atoms with E-state index in [1.165, 1.54) is 61.1 Å². The van der Waals surface area contributed by atoms with Gasteiger partial charge in [-0.3, -0.25) is 0 Å². The summed E-state index contributed by atoms with van der Waals surface area (Å²) in [5, 5.41) is 2.55. The molecule has 7 aromatic rings. The molecule has 0 N–H and O–H groups in total. The quantitative estimate of drug-likeness (QED) is 0.216. The molecule has 42 heavy (non-hydrogen) atoms. The van der Waals surface area contributed by atoms with Crippen LogP contribution in [-0.2, 0) is 5.41 Å².